The van der Waals surface area contributed by atoms with Gasteiger partial charge in [-0.25, -0.2) is 10.2 Å². The van der Waals surface area contributed by atoms with Crippen molar-refractivity contribution in [1.29, 1.82) is 0 Å². The second-order valence-corrected chi connectivity index (χ2v) is 4.96. The van der Waals surface area contributed by atoms with Crippen LogP contribution in [0.1, 0.15) is 12.0 Å². The van der Waals surface area contributed by atoms with E-state index in [1.165, 1.54) is 21.9 Å². The molecule has 0 saturated carbocycles. The van der Waals surface area contributed by atoms with Gasteiger partial charge in [0.25, 0.3) is 0 Å². The number of benzene rings is 1. The highest BCUT2D eigenvalue weighted by Gasteiger charge is 2.32. The van der Waals surface area contributed by atoms with E-state index in [0.29, 0.717) is 13.1 Å². The minimum absolute atomic E-state index is 0.0491. The Morgan fingerprint density at radius 1 is 1.14 bits per heavy atom. The molecule has 0 radical (unpaired) electrons. The van der Waals surface area contributed by atoms with Crippen LogP contribution in [0.5, 0.6) is 0 Å². The maximum Gasteiger partial charge on any atom is 0.312 e. The van der Waals surface area contributed by atoms with Crippen LogP contribution in [0.4, 0.5) is 4.39 Å². The van der Waals surface area contributed by atoms with Gasteiger partial charge in [-0.05, 0) is 17.7 Å². The number of hydrogen-bond donors (Lipinski definition) is 2. The Morgan fingerprint density at radius 2 is 1.73 bits per heavy atom. The van der Waals surface area contributed by atoms with Crippen LogP contribution in [-0.4, -0.2) is 47.2 Å². The number of rotatable bonds is 5. The first-order chi connectivity index (χ1) is 10.5. The smallest absolute Gasteiger partial charge is 0.312 e. The van der Waals surface area contributed by atoms with Crippen molar-refractivity contribution in [2.24, 2.45) is 5.84 Å². The number of amides is 3. The van der Waals surface area contributed by atoms with Crippen molar-refractivity contribution in [1.82, 2.24) is 15.2 Å². The highest BCUT2D eigenvalue weighted by atomic mass is 19.1. The zero-order chi connectivity index (χ0) is 16.1. The molecule has 1 fully saturated rings. The molecule has 0 aliphatic carbocycles. The van der Waals surface area contributed by atoms with E-state index in [0.717, 1.165) is 5.56 Å². The Labute approximate surface area is 126 Å². The largest absolute Gasteiger partial charge is 0.332 e. The molecular weight excluding hydrogens is 291 g/mol. The lowest BCUT2D eigenvalue weighted by Gasteiger charge is -2.33. The lowest BCUT2D eigenvalue weighted by atomic mass is 10.2. The van der Waals surface area contributed by atoms with E-state index in [1.807, 2.05) is 5.43 Å². The molecule has 0 atom stereocenters. The van der Waals surface area contributed by atoms with Gasteiger partial charge < -0.3 is 9.80 Å². The number of carbonyl (C=O) groups is 3. The fourth-order valence-corrected chi connectivity index (χ4v) is 2.20. The summed E-state index contributed by atoms with van der Waals surface area (Å²) in [6.45, 7) is 1.12. The van der Waals surface area contributed by atoms with Gasteiger partial charge in [0.2, 0.25) is 5.91 Å². The summed E-state index contributed by atoms with van der Waals surface area (Å²) in [6.07, 6.45) is 0.0491. The van der Waals surface area contributed by atoms with E-state index in [4.69, 9.17) is 5.84 Å². The van der Waals surface area contributed by atoms with Crippen LogP contribution in [0.25, 0.3) is 0 Å². The normalized spacial score (nSPS) is 15.2. The predicted molar refractivity (Wildman–Crippen MR) is 75.3 cm³/mol. The first kappa shape index (κ1) is 15.9. The van der Waals surface area contributed by atoms with Crippen molar-refractivity contribution in [3.63, 3.8) is 0 Å². The molecule has 0 bridgehead atoms. The summed E-state index contributed by atoms with van der Waals surface area (Å²) in [5, 5.41) is 0. The molecule has 2 rings (SSSR count). The molecule has 8 heteroatoms. The molecule has 1 saturated heterocycles. The maximum atomic E-state index is 12.9. The van der Waals surface area contributed by atoms with Crippen molar-refractivity contribution in [3.05, 3.63) is 35.6 Å². The maximum absolute atomic E-state index is 12.9. The number of carbonyl (C=O) groups excluding carboxylic acids is 3. The summed E-state index contributed by atoms with van der Waals surface area (Å²) >= 11 is 0. The minimum atomic E-state index is -0.641. The highest BCUT2D eigenvalue weighted by Crippen LogP contribution is 2.11. The minimum Gasteiger partial charge on any atom is -0.332 e. The van der Waals surface area contributed by atoms with Crippen LogP contribution in [0.15, 0.2) is 24.3 Å². The van der Waals surface area contributed by atoms with E-state index >= 15 is 0 Å². The number of halogens is 1. The number of nitrogens with one attached hydrogen (secondary N) is 1. The van der Waals surface area contributed by atoms with E-state index in [2.05, 4.69) is 0 Å². The molecule has 7 nitrogen and oxygen atoms in total. The fourth-order valence-electron chi connectivity index (χ4n) is 2.20. The van der Waals surface area contributed by atoms with Gasteiger partial charge >= 0.3 is 11.8 Å². The number of piperazine rings is 1. The van der Waals surface area contributed by atoms with Crippen LogP contribution in [0, 0.1) is 5.82 Å². The predicted octanol–water partition coefficient (Wildman–Crippen LogP) is -0.623. The molecule has 1 aliphatic rings. The number of hydrazine groups is 1. The molecule has 1 aromatic carbocycles. The third-order valence-corrected chi connectivity index (χ3v) is 3.45. The zero-order valence-electron chi connectivity index (χ0n) is 11.9. The monoisotopic (exact) mass is 308 g/mol. The van der Waals surface area contributed by atoms with Crippen molar-refractivity contribution in [3.8, 4) is 0 Å². The van der Waals surface area contributed by atoms with Crippen LogP contribution >= 0.6 is 0 Å². The number of hydrogen-bond acceptors (Lipinski definition) is 4. The van der Waals surface area contributed by atoms with Crippen molar-refractivity contribution < 1.29 is 18.8 Å². The van der Waals surface area contributed by atoms with Crippen LogP contribution in [-0.2, 0) is 20.9 Å². The molecule has 0 unspecified atom stereocenters. The molecule has 3 amide bonds. The summed E-state index contributed by atoms with van der Waals surface area (Å²) in [4.78, 5) is 37.9. The average molecular weight is 308 g/mol. The van der Waals surface area contributed by atoms with Gasteiger partial charge in [0.05, 0.1) is 0 Å². The molecule has 0 spiro atoms. The van der Waals surface area contributed by atoms with E-state index in [1.54, 1.807) is 12.1 Å². The van der Waals surface area contributed by atoms with Crippen molar-refractivity contribution in [2.75, 3.05) is 19.6 Å². The lowest BCUT2D eigenvalue weighted by Crippen LogP contribution is -2.54. The van der Waals surface area contributed by atoms with Crippen LogP contribution in [0.3, 0.4) is 0 Å². The summed E-state index contributed by atoms with van der Waals surface area (Å²) in [6, 6.07) is 5.77. The second-order valence-electron chi connectivity index (χ2n) is 4.96. The SMILES string of the molecule is NNC(=O)CCN1CCN(Cc2ccc(F)cc2)C(=O)C1=O. The fraction of sp³-hybridized carbons (Fsp3) is 0.357. The molecule has 22 heavy (non-hydrogen) atoms. The Balaban J connectivity index is 1.93. The average Bonchev–Trinajstić information content (AvgIpc) is 2.52. The molecule has 1 heterocycles. The molecule has 3 N–H and O–H groups in total. The van der Waals surface area contributed by atoms with E-state index < -0.39 is 17.7 Å². The number of nitrogens with zero attached hydrogens (tertiary/aromatic N) is 2. The summed E-state index contributed by atoms with van der Waals surface area (Å²) in [5.41, 5.74) is 2.72. The molecule has 1 aliphatic heterocycles. The van der Waals surface area contributed by atoms with Gasteiger partial charge in [0.15, 0.2) is 0 Å². The van der Waals surface area contributed by atoms with E-state index in [-0.39, 0.29) is 25.3 Å². The standard InChI is InChI=1S/C14H17FN4O3/c15-11-3-1-10(2-4-11)9-19-8-7-18(13(21)14(19)22)6-5-12(20)17-16/h1-4H,5-9,16H2,(H,17,20). The van der Waals surface area contributed by atoms with Gasteiger partial charge in [0.1, 0.15) is 5.82 Å². The summed E-state index contributed by atoms with van der Waals surface area (Å²) in [5.74, 6) is 2.95. The topological polar surface area (TPSA) is 95.7 Å². The third-order valence-electron chi connectivity index (χ3n) is 3.45. The quantitative estimate of drug-likeness (QED) is 0.328. The van der Waals surface area contributed by atoms with Gasteiger partial charge in [-0.1, -0.05) is 12.1 Å². The first-order valence-electron chi connectivity index (χ1n) is 6.83. The first-order valence-corrected chi connectivity index (χ1v) is 6.83. The van der Waals surface area contributed by atoms with E-state index in [9.17, 15) is 18.8 Å². The molecular formula is C14H17FN4O3. The van der Waals surface area contributed by atoms with Gasteiger partial charge in [-0.2, -0.15) is 0 Å². The Morgan fingerprint density at radius 3 is 2.36 bits per heavy atom. The molecule has 118 valence electrons. The van der Waals surface area contributed by atoms with Gasteiger partial charge in [0, 0.05) is 32.6 Å². The van der Waals surface area contributed by atoms with Gasteiger partial charge in [-0.3, -0.25) is 19.8 Å². The van der Waals surface area contributed by atoms with Crippen LogP contribution in [0.2, 0.25) is 0 Å². The highest BCUT2D eigenvalue weighted by molar-refractivity contribution is 6.35. The lowest BCUT2D eigenvalue weighted by molar-refractivity contribution is -0.156. The summed E-state index contributed by atoms with van der Waals surface area (Å²) in [7, 11) is 0. The number of nitrogens with two attached hydrogens (primary N) is 1. The van der Waals surface area contributed by atoms with Crippen molar-refractivity contribution in [2.45, 2.75) is 13.0 Å². The Bertz CT molecular complexity index is 576. The van der Waals surface area contributed by atoms with Crippen LogP contribution < -0.4 is 11.3 Å². The van der Waals surface area contributed by atoms with Gasteiger partial charge in [-0.15, -0.1) is 0 Å². The molecule has 1 aromatic rings. The summed E-state index contributed by atoms with van der Waals surface area (Å²) < 4.78 is 12.9. The Hall–Kier alpha value is -2.48. The third kappa shape index (κ3) is 3.79. The zero-order valence-corrected chi connectivity index (χ0v) is 11.9. The Kier molecular flexibility index (Phi) is 5.05. The van der Waals surface area contributed by atoms with Crippen molar-refractivity contribution >= 4 is 17.7 Å². The second kappa shape index (κ2) is 6.99. The molecule has 0 aromatic heterocycles.